The van der Waals surface area contributed by atoms with Crippen LogP contribution in [0, 0.1) is 5.41 Å². The van der Waals surface area contributed by atoms with Crippen LogP contribution in [0.2, 0.25) is 0 Å². The molecular weight excluding hydrogens is 214 g/mol. The molecule has 14 heavy (non-hydrogen) atoms. The van der Waals surface area contributed by atoms with E-state index in [-0.39, 0.29) is 19.5 Å². The van der Waals surface area contributed by atoms with Gasteiger partial charge in [-0.2, -0.15) is 12.7 Å². The summed E-state index contributed by atoms with van der Waals surface area (Å²) >= 11 is 0. The molecule has 82 valence electrons. The third-order valence-electron chi connectivity index (χ3n) is 3.11. The molecule has 0 aromatic rings. The van der Waals surface area contributed by atoms with Crippen molar-refractivity contribution < 1.29 is 17.2 Å². The topological polar surface area (TPSA) is 63.4 Å². The van der Waals surface area contributed by atoms with Gasteiger partial charge in [0.2, 0.25) is 0 Å². The molecule has 1 heterocycles. The average Bonchev–Trinajstić information content (AvgIpc) is 2.50. The van der Waals surface area contributed by atoms with Crippen molar-refractivity contribution in [1.29, 1.82) is 0 Å². The summed E-state index contributed by atoms with van der Waals surface area (Å²) in [7, 11) is -3.81. The lowest BCUT2D eigenvalue weighted by Crippen LogP contribution is -2.45. The fourth-order valence-corrected chi connectivity index (χ4v) is 2.94. The minimum Gasteiger partial charge on any atom is -0.216 e. The molecule has 1 spiro atoms. The van der Waals surface area contributed by atoms with Crippen LogP contribution in [0.5, 0.6) is 0 Å². The smallest absolute Gasteiger partial charge is 0.216 e. The van der Waals surface area contributed by atoms with Gasteiger partial charge in [0.15, 0.2) is 0 Å². The van der Waals surface area contributed by atoms with E-state index in [1.54, 1.807) is 0 Å². The highest BCUT2D eigenvalue weighted by Gasteiger charge is 2.71. The third-order valence-corrected chi connectivity index (χ3v) is 4.14. The Balaban J connectivity index is 2.15. The number of rotatable bonds is 1. The van der Waals surface area contributed by atoms with Gasteiger partial charge < -0.3 is 0 Å². The number of hydrogen-bond acceptors (Lipinski definition) is 2. The van der Waals surface area contributed by atoms with Crippen molar-refractivity contribution in [2.75, 3.05) is 13.1 Å². The number of halogens is 2. The molecule has 2 N–H and O–H groups in total. The van der Waals surface area contributed by atoms with E-state index in [1.165, 1.54) is 0 Å². The van der Waals surface area contributed by atoms with Crippen molar-refractivity contribution in [2.45, 2.75) is 25.2 Å². The largest absolute Gasteiger partial charge is 0.276 e. The fourth-order valence-electron chi connectivity index (χ4n) is 2.13. The highest BCUT2D eigenvalue weighted by Crippen LogP contribution is 2.64. The van der Waals surface area contributed by atoms with E-state index in [2.05, 4.69) is 0 Å². The summed E-state index contributed by atoms with van der Waals surface area (Å²) in [5.74, 6) is -2.70. The molecule has 0 aromatic carbocycles. The molecular formula is C7H12F2N2O2S. The van der Waals surface area contributed by atoms with Crippen LogP contribution >= 0.6 is 0 Å². The molecule has 1 atom stereocenters. The zero-order valence-electron chi connectivity index (χ0n) is 7.54. The molecule has 1 saturated carbocycles. The SMILES string of the molecule is NS(=O)(=O)N1CCCC2(C1)CC2(F)F. The Morgan fingerprint density at radius 3 is 2.36 bits per heavy atom. The van der Waals surface area contributed by atoms with Crippen LogP contribution in [0.4, 0.5) is 8.78 Å². The predicted octanol–water partition coefficient (Wildman–Crippen LogP) is 0.311. The van der Waals surface area contributed by atoms with Gasteiger partial charge in [-0.3, -0.25) is 0 Å². The van der Waals surface area contributed by atoms with Crippen molar-refractivity contribution in [1.82, 2.24) is 4.31 Å². The fraction of sp³-hybridized carbons (Fsp3) is 1.00. The normalized spacial score (nSPS) is 37.4. The first-order valence-electron chi connectivity index (χ1n) is 4.43. The summed E-state index contributed by atoms with van der Waals surface area (Å²) in [5, 5.41) is 4.90. The quantitative estimate of drug-likeness (QED) is 0.699. The van der Waals surface area contributed by atoms with E-state index in [1.807, 2.05) is 0 Å². The first-order chi connectivity index (χ1) is 6.27. The minimum absolute atomic E-state index is 0.126. The molecule has 1 aliphatic carbocycles. The zero-order chi connectivity index (χ0) is 10.6. The first kappa shape index (κ1) is 10.3. The van der Waals surface area contributed by atoms with Crippen molar-refractivity contribution in [2.24, 2.45) is 10.6 Å². The molecule has 7 heteroatoms. The highest BCUT2D eigenvalue weighted by molar-refractivity contribution is 7.86. The molecule has 0 bridgehead atoms. The lowest BCUT2D eigenvalue weighted by atomic mass is 9.96. The molecule has 1 unspecified atom stereocenters. The van der Waals surface area contributed by atoms with Crippen molar-refractivity contribution >= 4 is 10.2 Å². The van der Waals surface area contributed by atoms with Crippen molar-refractivity contribution in [3.63, 3.8) is 0 Å². The van der Waals surface area contributed by atoms with Gasteiger partial charge in [0.25, 0.3) is 16.1 Å². The second kappa shape index (κ2) is 2.65. The number of piperidine rings is 1. The van der Waals surface area contributed by atoms with E-state index in [4.69, 9.17) is 5.14 Å². The molecule has 4 nitrogen and oxygen atoms in total. The van der Waals surface area contributed by atoms with Crippen LogP contribution < -0.4 is 5.14 Å². The Labute approximate surface area is 81.2 Å². The monoisotopic (exact) mass is 226 g/mol. The lowest BCUT2D eigenvalue weighted by Gasteiger charge is -2.30. The van der Waals surface area contributed by atoms with Gasteiger partial charge in [-0.05, 0) is 12.8 Å². The number of alkyl halides is 2. The van der Waals surface area contributed by atoms with Gasteiger partial charge in [-0.25, -0.2) is 13.9 Å². The van der Waals surface area contributed by atoms with Gasteiger partial charge in [0.1, 0.15) is 0 Å². The lowest BCUT2D eigenvalue weighted by molar-refractivity contribution is 0.0411. The van der Waals surface area contributed by atoms with Gasteiger partial charge in [-0.1, -0.05) is 0 Å². The summed E-state index contributed by atoms with van der Waals surface area (Å²) in [6.07, 6.45) is 0.657. The molecule has 1 saturated heterocycles. The van der Waals surface area contributed by atoms with Crippen LogP contribution in [0.3, 0.4) is 0 Å². The first-order valence-corrected chi connectivity index (χ1v) is 5.93. The Morgan fingerprint density at radius 2 is 1.93 bits per heavy atom. The Morgan fingerprint density at radius 1 is 1.36 bits per heavy atom. The van der Waals surface area contributed by atoms with E-state index in [9.17, 15) is 17.2 Å². The molecule has 1 aliphatic heterocycles. The Kier molecular flexibility index (Phi) is 1.94. The molecule has 2 rings (SSSR count). The standard InChI is InChI=1S/C7H12F2N2O2S/c8-7(9)4-6(7)2-1-3-11(5-6)14(10,12)13/h1-5H2,(H2,10,12,13). The molecule has 0 amide bonds. The molecule has 2 aliphatic rings. The van der Waals surface area contributed by atoms with Gasteiger partial charge >= 0.3 is 0 Å². The molecule has 0 radical (unpaired) electrons. The Bertz CT molecular complexity index is 357. The summed E-state index contributed by atoms with van der Waals surface area (Å²) in [6.45, 7) is 0.134. The maximum absolute atomic E-state index is 13.0. The summed E-state index contributed by atoms with van der Waals surface area (Å²) < 4.78 is 48.8. The third kappa shape index (κ3) is 1.43. The summed E-state index contributed by atoms with van der Waals surface area (Å²) in [6, 6.07) is 0. The second-order valence-electron chi connectivity index (χ2n) is 4.14. The van der Waals surface area contributed by atoms with Crippen LogP contribution in [0.1, 0.15) is 19.3 Å². The van der Waals surface area contributed by atoms with Gasteiger partial charge in [0.05, 0.1) is 5.41 Å². The van der Waals surface area contributed by atoms with E-state index in [0.717, 1.165) is 4.31 Å². The second-order valence-corrected chi connectivity index (χ2v) is 5.69. The molecule has 0 aromatic heterocycles. The predicted molar refractivity (Wildman–Crippen MR) is 45.9 cm³/mol. The average molecular weight is 226 g/mol. The Hall–Kier alpha value is -0.270. The molecule has 2 fully saturated rings. The van der Waals surface area contributed by atoms with E-state index in [0.29, 0.717) is 12.8 Å². The van der Waals surface area contributed by atoms with Crippen LogP contribution in [-0.4, -0.2) is 31.7 Å². The van der Waals surface area contributed by atoms with Crippen molar-refractivity contribution in [3.8, 4) is 0 Å². The van der Waals surface area contributed by atoms with Gasteiger partial charge in [0, 0.05) is 19.5 Å². The zero-order valence-corrected chi connectivity index (χ0v) is 8.36. The van der Waals surface area contributed by atoms with Crippen LogP contribution in [-0.2, 0) is 10.2 Å². The summed E-state index contributed by atoms with van der Waals surface area (Å²) in [4.78, 5) is 0. The minimum atomic E-state index is -3.81. The van der Waals surface area contributed by atoms with Gasteiger partial charge in [-0.15, -0.1) is 0 Å². The number of nitrogens with two attached hydrogens (primary N) is 1. The van der Waals surface area contributed by atoms with E-state index < -0.39 is 21.5 Å². The van der Waals surface area contributed by atoms with Crippen molar-refractivity contribution in [3.05, 3.63) is 0 Å². The van der Waals surface area contributed by atoms with E-state index >= 15 is 0 Å². The van der Waals surface area contributed by atoms with Crippen LogP contribution in [0.25, 0.3) is 0 Å². The summed E-state index contributed by atoms with van der Waals surface area (Å²) in [5.41, 5.74) is -1.11. The maximum Gasteiger partial charge on any atom is 0.276 e. The maximum atomic E-state index is 13.0. The number of hydrogen-bond donors (Lipinski definition) is 1. The number of nitrogens with zero attached hydrogens (tertiary/aromatic N) is 1. The highest BCUT2D eigenvalue weighted by atomic mass is 32.2. The van der Waals surface area contributed by atoms with Crippen LogP contribution in [0.15, 0.2) is 0 Å².